The summed E-state index contributed by atoms with van der Waals surface area (Å²) in [5.74, 6) is -0.958. The zero-order valence-electron chi connectivity index (χ0n) is 21.5. The van der Waals surface area contributed by atoms with Gasteiger partial charge in [0.15, 0.2) is 0 Å². The van der Waals surface area contributed by atoms with Gasteiger partial charge in [0.05, 0.1) is 5.56 Å². The third-order valence-corrected chi connectivity index (χ3v) is 9.07. The summed E-state index contributed by atoms with van der Waals surface area (Å²) in [4.78, 5) is 41.0. The molecule has 1 heterocycles. The summed E-state index contributed by atoms with van der Waals surface area (Å²) >= 11 is 0. The molecule has 37 heavy (non-hydrogen) atoms. The molecule has 0 spiro atoms. The summed E-state index contributed by atoms with van der Waals surface area (Å²) in [5, 5.41) is 3.12. The van der Waals surface area contributed by atoms with Crippen molar-refractivity contribution in [2.75, 3.05) is 6.54 Å². The predicted molar refractivity (Wildman–Crippen MR) is 140 cm³/mol. The summed E-state index contributed by atoms with van der Waals surface area (Å²) in [7, 11) is -3.92. The average molecular weight is 526 g/mol. The van der Waals surface area contributed by atoms with Crippen molar-refractivity contribution in [1.82, 2.24) is 14.5 Å². The van der Waals surface area contributed by atoms with E-state index in [0.29, 0.717) is 6.42 Å². The summed E-state index contributed by atoms with van der Waals surface area (Å²) in [6.07, 6.45) is 4.75. The molecule has 8 nitrogen and oxygen atoms in total. The first kappa shape index (κ1) is 26.9. The lowest BCUT2D eigenvalue weighted by Crippen LogP contribution is -2.51. The number of nitrogens with one attached hydrogen (secondary N) is 1. The molecule has 2 aliphatic rings. The van der Waals surface area contributed by atoms with Crippen LogP contribution in [0.3, 0.4) is 0 Å². The third kappa shape index (κ3) is 5.87. The molecule has 4 rings (SSSR count). The van der Waals surface area contributed by atoms with E-state index >= 15 is 0 Å². The van der Waals surface area contributed by atoms with E-state index in [4.69, 9.17) is 0 Å². The van der Waals surface area contributed by atoms with Gasteiger partial charge in [-0.3, -0.25) is 14.4 Å². The number of benzene rings is 2. The van der Waals surface area contributed by atoms with Crippen LogP contribution in [0.1, 0.15) is 73.4 Å². The van der Waals surface area contributed by atoms with Gasteiger partial charge in [-0.25, -0.2) is 12.7 Å². The van der Waals surface area contributed by atoms with Crippen LogP contribution in [0.4, 0.5) is 0 Å². The number of rotatable bonds is 10. The van der Waals surface area contributed by atoms with E-state index in [1.807, 2.05) is 38.1 Å². The van der Waals surface area contributed by atoms with Crippen molar-refractivity contribution in [3.05, 3.63) is 65.2 Å². The van der Waals surface area contributed by atoms with E-state index in [-0.39, 0.29) is 54.2 Å². The Kier molecular flexibility index (Phi) is 8.32. The van der Waals surface area contributed by atoms with Crippen LogP contribution >= 0.6 is 0 Å². The Morgan fingerprint density at radius 3 is 2.41 bits per heavy atom. The smallest absolute Gasteiger partial charge is 0.269 e. The zero-order chi connectivity index (χ0) is 26.6. The molecule has 0 bridgehead atoms. The van der Waals surface area contributed by atoms with Crippen LogP contribution < -0.4 is 5.32 Å². The van der Waals surface area contributed by atoms with Gasteiger partial charge in [-0.1, -0.05) is 61.7 Å². The molecule has 1 N–H and O–H groups in total. The van der Waals surface area contributed by atoms with Crippen molar-refractivity contribution >= 4 is 27.7 Å². The highest BCUT2D eigenvalue weighted by molar-refractivity contribution is 7.90. The van der Waals surface area contributed by atoms with Crippen LogP contribution in [0.25, 0.3) is 0 Å². The van der Waals surface area contributed by atoms with Crippen LogP contribution in [0.15, 0.2) is 53.4 Å². The number of aryl methyl sites for hydroxylation is 1. The fourth-order valence-corrected chi connectivity index (χ4v) is 6.75. The van der Waals surface area contributed by atoms with E-state index in [1.54, 1.807) is 17.0 Å². The first-order valence-corrected chi connectivity index (χ1v) is 14.5. The summed E-state index contributed by atoms with van der Waals surface area (Å²) in [6.45, 7) is 4.07. The number of hydrogen-bond donors (Lipinski definition) is 1. The van der Waals surface area contributed by atoms with Crippen molar-refractivity contribution < 1.29 is 22.8 Å². The minimum atomic E-state index is -3.92. The number of carbonyl (C=O) groups is 3. The predicted octanol–water partition coefficient (Wildman–Crippen LogP) is 3.79. The van der Waals surface area contributed by atoms with Crippen molar-refractivity contribution in [3.8, 4) is 0 Å². The molecule has 2 aromatic rings. The molecule has 2 aromatic carbocycles. The maximum atomic E-state index is 13.5. The van der Waals surface area contributed by atoms with Crippen LogP contribution in [-0.4, -0.2) is 54.0 Å². The Morgan fingerprint density at radius 2 is 1.76 bits per heavy atom. The zero-order valence-corrected chi connectivity index (χ0v) is 22.3. The van der Waals surface area contributed by atoms with Gasteiger partial charge in [-0.15, -0.1) is 0 Å². The second-order valence-electron chi connectivity index (χ2n) is 9.90. The van der Waals surface area contributed by atoms with Crippen LogP contribution in [0, 0.1) is 6.92 Å². The molecular formula is C28H35N3O5S. The molecule has 3 amide bonds. The van der Waals surface area contributed by atoms with Gasteiger partial charge in [0.25, 0.3) is 15.9 Å². The van der Waals surface area contributed by atoms with E-state index in [0.717, 1.165) is 41.1 Å². The summed E-state index contributed by atoms with van der Waals surface area (Å²) in [6, 6.07) is 13.5. The molecule has 9 heteroatoms. The van der Waals surface area contributed by atoms with E-state index in [2.05, 4.69) is 5.32 Å². The minimum absolute atomic E-state index is 0.00181. The molecule has 1 aliphatic heterocycles. The number of sulfonamides is 1. The molecule has 198 valence electrons. The number of hydrogen-bond acceptors (Lipinski definition) is 5. The molecule has 1 atom stereocenters. The van der Waals surface area contributed by atoms with Crippen LogP contribution in [-0.2, 0) is 26.2 Å². The highest BCUT2D eigenvalue weighted by Crippen LogP contribution is 2.30. The van der Waals surface area contributed by atoms with Gasteiger partial charge in [-0.2, -0.15) is 0 Å². The number of carbonyl (C=O) groups excluding carboxylic acids is 3. The monoisotopic (exact) mass is 525 g/mol. The standard InChI is InChI=1S/C28H35N3O5S/c1-3-24(27(33)29-22-9-4-5-10-22)30(19-21-16-14-20(2)15-17-21)26(32)13-8-18-31-28(34)23-11-6-7-12-25(23)37(31,35)36/h6-7,11-12,14-17,22,24H,3-5,8-10,13,18-19H2,1-2H3,(H,29,33)/t24-/m1/s1. The van der Waals surface area contributed by atoms with Gasteiger partial charge in [0, 0.05) is 25.6 Å². The molecule has 1 saturated carbocycles. The van der Waals surface area contributed by atoms with Gasteiger partial charge in [0.1, 0.15) is 10.9 Å². The quantitative estimate of drug-likeness (QED) is 0.508. The largest absolute Gasteiger partial charge is 0.352 e. The number of nitrogens with zero attached hydrogens (tertiary/aromatic N) is 2. The van der Waals surface area contributed by atoms with Crippen LogP contribution in [0.5, 0.6) is 0 Å². The normalized spacial score (nSPS) is 17.5. The van der Waals surface area contributed by atoms with Crippen molar-refractivity contribution in [2.24, 2.45) is 0 Å². The molecular weight excluding hydrogens is 490 g/mol. The van der Waals surface area contributed by atoms with Gasteiger partial charge in [-0.05, 0) is 50.3 Å². The minimum Gasteiger partial charge on any atom is -0.352 e. The lowest BCUT2D eigenvalue weighted by Gasteiger charge is -2.32. The van der Waals surface area contributed by atoms with Gasteiger partial charge < -0.3 is 10.2 Å². The molecule has 0 aromatic heterocycles. The van der Waals surface area contributed by atoms with Crippen molar-refractivity contribution in [2.45, 2.75) is 82.3 Å². The highest BCUT2D eigenvalue weighted by atomic mass is 32.2. The second-order valence-corrected chi connectivity index (χ2v) is 11.7. The average Bonchev–Trinajstić information content (AvgIpc) is 3.46. The van der Waals surface area contributed by atoms with Crippen LogP contribution in [0.2, 0.25) is 0 Å². The lowest BCUT2D eigenvalue weighted by atomic mass is 10.1. The Hall–Kier alpha value is -3.20. The first-order valence-electron chi connectivity index (χ1n) is 13.0. The topological polar surface area (TPSA) is 104 Å². The molecule has 1 aliphatic carbocycles. The Labute approximate surface area is 219 Å². The maximum absolute atomic E-state index is 13.5. The second kappa shape index (κ2) is 11.5. The molecule has 1 fully saturated rings. The van der Waals surface area contributed by atoms with Crippen molar-refractivity contribution in [1.29, 1.82) is 0 Å². The SMILES string of the molecule is CC[C@H](C(=O)NC1CCCC1)N(Cc1ccc(C)cc1)C(=O)CCCN1C(=O)c2ccccc2S1(=O)=O. The first-order chi connectivity index (χ1) is 17.7. The Balaban J connectivity index is 1.46. The highest BCUT2D eigenvalue weighted by Gasteiger charge is 2.40. The number of fused-ring (bicyclic) bond motifs is 1. The number of amides is 3. The molecule has 0 radical (unpaired) electrons. The maximum Gasteiger partial charge on any atom is 0.269 e. The Bertz CT molecular complexity index is 1250. The van der Waals surface area contributed by atoms with E-state index in [1.165, 1.54) is 12.1 Å². The Morgan fingerprint density at radius 1 is 1.08 bits per heavy atom. The van der Waals surface area contributed by atoms with E-state index in [9.17, 15) is 22.8 Å². The van der Waals surface area contributed by atoms with Crippen molar-refractivity contribution in [3.63, 3.8) is 0 Å². The van der Waals surface area contributed by atoms with Gasteiger partial charge >= 0.3 is 0 Å². The fraction of sp³-hybridized carbons (Fsp3) is 0.464. The van der Waals surface area contributed by atoms with E-state index < -0.39 is 22.0 Å². The fourth-order valence-electron chi connectivity index (χ4n) is 5.15. The summed E-state index contributed by atoms with van der Waals surface area (Å²) < 4.78 is 26.5. The molecule has 0 saturated heterocycles. The third-order valence-electron chi connectivity index (χ3n) is 7.22. The summed E-state index contributed by atoms with van der Waals surface area (Å²) in [5.41, 5.74) is 2.17. The molecule has 0 unspecified atom stereocenters. The van der Waals surface area contributed by atoms with Gasteiger partial charge in [0.2, 0.25) is 11.8 Å². The lowest BCUT2D eigenvalue weighted by molar-refractivity contribution is -0.141.